The molecule has 2 aromatic rings. The highest BCUT2D eigenvalue weighted by Crippen LogP contribution is 2.43. The number of rotatable bonds is 11. The van der Waals surface area contributed by atoms with E-state index in [1.165, 1.54) is 29.5 Å². The number of carbonyl (C=O) groups excluding carboxylic acids is 2. The van der Waals surface area contributed by atoms with Gasteiger partial charge < -0.3 is 15.1 Å². The average Bonchev–Trinajstić information content (AvgIpc) is 2.92. The number of thioether (sulfide) groups is 1. The number of nitrogens with zero attached hydrogens (tertiary/aromatic N) is 2. The molecule has 2 atom stereocenters. The molecule has 5 nitrogen and oxygen atoms in total. The van der Waals surface area contributed by atoms with E-state index in [1.807, 2.05) is 30.3 Å². The molecule has 6 heteroatoms. The maximum absolute atomic E-state index is 13.8. The summed E-state index contributed by atoms with van der Waals surface area (Å²) in [6, 6.07) is 14.5. The summed E-state index contributed by atoms with van der Waals surface area (Å²) in [6.45, 7) is 17.4. The highest BCUT2D eigenvalue weighted by Gasteiger charge is 2.40. The molecule has 1 heterocycles. The molecule has 0 spiro atoms. The number of carbonyl (C=O) groups is 2. The molecule has 2 aliphatic rings. The molecule has 2 amide bonds. The van der Waals surface area contributed by atoms with E-state index in [0.29, 0.717) is 41.8 Å². The summed E-state index contributed by atoms with van der Waals surface area (Å²) in [7, 11) is 0. The van der Waals surface area contributed by atoms with Gasteiger partial charge in [-0.05, 0) is 73.4 Å². The van der Waals surface area contributed by atoms with Crippen molar-refractivity contribution in [1.82, 2.24) is 15.1 Å². The Hall–Kier alpha value is -2.57. The Morgan fingerprint density at radius 1 is 1.02 bits per heavy atom. The van der Waals surface area contributed by atoms with Crippen LogP contribution in [0.3, 0.4) is 0 Å². The van der Waals surface area contributed by atoms with Gasteiger partial charge in [-0.2, -0.15) is 0 Å². The van der Waals surface area contributed by atoms with Crippen LogP contribution < -0.4 is 5.32 Å². The minimum atomic E-state index is -0.0499. The first kappa shape index (κ1) is 31.4. The van der Waals surface area contributed by atoms with Gasteiger partial charge in [0, 0.05) is 49.6 Å². The molecule has 1 aliphatic heterocycles. The molecule has 1 saturated carbocycles. The third-order valence-corrected chi connectivity index (χ3v) is 9.49. The minimum absolute atomic E-state index is 0.0499. The van der Waals surface area contributed by atoms with Crippen molar-refractivity contribution >= 4 is 29.7 Å². The van der Waals surface area contributed by atoms with Gasteiger partial charge in [-0.25, -0.2) is 0 Å². The first-order valence-electron chi connectivity index (χ1n) is 15.5. The van der Waals surface area contributed by atoms with Crippen LogP contribution in [0.2, 0.25) is 0 Å². The molecule has 1 N–H and O–H groups in total. The summed E-state index contributed by atoms with van der Waals surface area (Å²) in [5.74, 6) is 1.28. The molecule has 0 bridgehead atoms. The van der Waals surface area contributed by atoms with Crippen LogP contribution in [0.25, 0.3) is 6.08 Å². The van der Waals surface area contributed by atoms with E-state index >= 15 is 0 Å². The minimum Gasteiger partial charge on any atom is -0.351 e. The van der Waals surface area contributed by atoms with Crippen LogP contribution in [0.1, 0.15) is 86.0 Å². The maximum atomic E-state index is 13.8. The van der Waals surface area contributed by atoms with Crippen molar-refractivity contribution in [2.75, 3.05) is 26.2 Å². The second kappa shape index (κ2) is 14.6. The van der Waals surface area contributed by atoms with Crippen molar-refractivity contribution in [3.05, 3.63) is 75.2 Å². The van der Waals surface area contributed by atoms with Crippen LogP contribution in [-0.2, 0) is 11.3 Å². The van der Waals surface area contributed by atoms with Crippen molar-refractivity contribution in [1.29, 1.82) is 0 Å². The molecule has 41 heavy (non-hydrogen) atoms. The number of nitrogens with one attached hydrogen (secondary N) is 1. The van der Waals surface area contributed by atoms with E-state index < -0.39 is 0 Å². The van der Waals surface area contributed by atoms with Crippen LogP contribution in [0.4, 0.5) is 0 Å². The van der Waals surface area contributed by atoms with Crippen molar-refractivity contribution in [2.24, 2.45) is 11.8 Å². The molecule has 222 valence electrons. The van der Waals surface area contributed by atoms with Crippen molar-refractivity contribution in [3.63, 3.8) is 0 Å². The summed E-state index contributed by atoms with van der Waals surface area (Å²) in [4.78, 5) is 32.1. The number of amides is 2. The second-order valence-corrected chi connectivity index (χ2v) is 14.1. The highest BCUT2D eigenvalue weighted by atomic mass is 32.2. The Labute approximate surface area is 252 Å². The van der Waals surface area contributed by atoms with Gasteiger partial charge in [0.05, 0.1) is 4.91 Å². The van der Waals surface area contributed by atoms with Crippen LogP contribution in [0.5, 0.6) is 0 Å². The maximum Gasteiger partial charge on any atom is 0.260 e. The van der Waals surface area contributed by atoms with Gasteiger partial charge in [-0.3, -0.25) is 9.59 Å². The lowest BCUT2D eigenvalue weighted by atomic mass is 9.92. The van der Waals surface area contributed by atoms with E-state index in [9.17, 15) is 9.59 Å². The van der Waals surface area contributed by atoms with Gasteiger partial charge in [0.2, 0.25) is 0 Å². The average molecular weight is 576 g/mol. The van der Waals surface area contributed by atoms with Crippen LogP contribution in [0.15, 0.2) is 47.4 Å². The smallest absolute Gasteiger partial charge is 0.260 e. The summed E-state index contributed by atoms with van der Waals surface area (Å²) < 4.78 is 0. The quantitative estimate of drug-likeness (QED) is 0.291. The third-order valence-electron chi connectivity index (χ3n) is 8.09. The first-order chi connectivity index (χ1) is 19.6. The normalized spacial score (nSPS) is 20.3. The summed E-state index contributed by atoms with van der Waals surface area (Å²) in [5, 5.41) is 3.53. The van der Waals surface area contributed by atoms with E-state index in [0.717, 1.165) is 42.9 Å². The van der Waals surface area contributed by atoms with Gasteiger partial charge in [0.15, 0.2) is 0 Å². The highest BCUT2D eigenvalue weighted by molar-refractivity contribution is 8.04. The molecule has 4 rings (SSSR count). The lowest BCUT2D eigenvalue weighted by Crippen LogP contribution is -2.50. The number of hydrogen-bond donors (Lipinski definition) is 1. The van der Waals surface area contributed by atoms with Crippen molar-refractivity contribution < 1.29 is 9.59 Å². The molecule has 2 unspecified atom stereocenters. The van der Waals surface area contributed by atoms with Crippen LogP contribution in [0, 0.1) is 25.7 Å². The lowest BCUT2D eigenvalue weighted by Gasteiger charge is -2.44. The Balaban J connectivity index is 1.42. The topological polar surface area (TPSA) is 52.7 Å². The Kier molecular flexibility index (Phi) is 11.1. The second-order valence-electron chi connectivity index (χ2n) is 12.8. The third kappa shape index (κ3) is 8.71. The summed E-state index contributed by atoms with van der Waals surface area (Å²) in [5.41, 5.74) is 5.31. The first-order valence-corrected chi connectivity index (χ1v) is 16.3. The van der Waals surface area contributed by atoms with Crippen molar-refractivity contribution in [2.45, 2.75) is 85.1 Å². The Bertz CT molecular complexity index is 1210. The number of fused-ring (bicyclic) bond motifs is 1. The Morgan fingerprint density at radius 3 is 2.39 bits per heavy atom. The predicted octanol–water partition coefficient (Wildman–Crippen LogP) is 7.07. The fraction of sp³-hybridized carbons (Fsp3) is 0.543. The molecule has 1 saturated heterocycles. The zero-order valence-corrected chi connectivity index (χ0v) is 26.7. The number of hydrogen-bond acceptors (Lipinski definition) is 4. The zero-order chi connectivity index (χ0) is 29.5. The van der Waals surface area contributed by atoms with E-state index in [1.54, 1.807) is 11.8 Å². The van der Waals surface area contributed by atoms with E-state index in [-0.39, 0.29) is 11.8 Å². The lowest BCUT2D eigenvalue weighted by molar-refractivity contribution is -0.130. The van der Waals surface area contributed by atoms with E-state index in [2.05, 4.69) is 74.9 Å². The van der Waals surface area contributed by atoms with Gasteiger partial charge in [-0.1, -0.05) is 76.4 Å². The molecule has 2 aromatic carbocycles. The number of aryl methyl sites for hydroxylation is 2. The van der Waals surface area contributed by atoms with Gasteiger partial charge in [0.1, 0.15) is 0 Å². The monoisotopic (exact) mass is 575 g/mol. The fourth-order valence-electron chi connectivity index (χ4n) is 6.12. The largest absolute Gasteiger partial charge is 0.351 e. The molecule has 0 aromatic heterocycles. The van der Waals surface area contributed by atoms with Gasteiger partial charge >= 0.3 is 0 Å². The molecular formula is C35H49N3O2S. The van der Waals surface area contributed by atoms with Gasteiger partial charge in [-0.15, -0.1) is 11.8 Å². The molecule has 2 fully saturated rings. The molecule has 0 radical (unpaired) electrons. The van der Waals surface area contributed by atoms with Gasteiger partial charge in [0.25, 0.3) is 11.8 Å². The SMILES string of the molecule is Cc1ccc(C)c(CN2C(=O)/C(=C/c3ccc(C(=O)NCCN(CC(C)C)CC(C)C)cc3)SC3CCCCC32)c1. The standard InChI is InChI=1S/C35H49N3O2S/c1-24(2)21-37(22-25(3)4)18-17-36-34(39)29-15-13-28(14-16-29)20-33-35(40)38(31-9-7-8-10-32(31)41-33)23-30-19-26(5)11-12-27(30)6/h11-16,19-20,24-25,31-32H,7-10,17-18,21-23H2,1-6H3,(H,36,39)/b33-20-. The fourth-order valence-corrected chi connectivity index (χ4v) is 7.59. The predicted molar refractivity (Wildman–Crippen MR) is 173 cm³/mol. The van der Waals surface area contributed by atoms with Crippen LogP contribution in [-0.4, -0.2) is 59.1 Å². The summed E-state index contributed by atoms with van der Waals surface area (Å²) >= 11 is 1.76. The van der Waals surface area contributed by atoms with Crippen LogP contribution >= 0.6 is 11.8 Å². The molecule has 1 aliphatic carbocycles. The Morgan fingerprint density at radius 2 is 1.71 bits per heavy atom. The zero-order valence-electron chi connectivity index (χ0n) is 25.9. The summed E-state index contributed by atoms with van der Waals surface area (Å²) in [6.07, 6.45) is 6.66. The van der Waals surface area contributed by atoms with E-state index in [4.69, 9.17) is 0 Å². The number of benzene rings is 2. The molecular weight excluding hydrogens is 526 g/mol. The van der Waals surface area contributed by atoms with Crippen molar-refractivity contribution in [3.8, 4) is 0 Å².